The molecule has 0 saturated carbocycles. The quantitative estimate of drug-likeness (QED) is 0.293. The number of ether oxygens (including phenoxy) is 2. The van der Waals surface area contributed by atoms with E-state index in [1.54, 1.807) is 0 Å². The molecule has 1 amide bonds. The van der Waals surface area contributed by atoms with Crippen molar-refractivity contribution in [1.29, 1.82) is 0 Å². The van der Waals surface area contributed by atoms with Gasteiger partial charge in [-0.25, -0.2) is 4.79 Å². The summed E-state index contributed by atoms with van der Waals surface area (Å²) >= 11 is 0. The van der Waals surface area contributed by atoms with Crippen LogP contribution in [0.4, 0.5) is 0 Å². The second kappa shape index (κ2) is 13.5. The second-order valence-electron chi connectivity index (χ2n) is 11.3. The van der Waals surface area contributed by atoms with Crippen LogP contribution in [0, 0.1) is 11.8 Å². The van der Waals surface area contributed by atoms with Gasteiger partial charge < -0.3 is 19.2 Å². The molecule has 222 valence electrons. The van der Waals surface area contributed by atoms with E-state index < -0.39 is 31.9 Å². The molecule has 1 saturated heterocycles. The number of nitrogens with zero attached hydrogens (tertiary/aromatic N) is 1. The zero-order chi connectivity index (χ0) is 30.3. The van der Waals surface area contributed by atoms with Gasteiger partial charge in [0.15, 0.2) is 0 Å². The van der Waals surface area contributed by atoms with Gasteiger partial charge in [-0.05, 0) is 22.3 Å². The molecule has 9 nitrogen and oxygen atoms in total. The van der Waals surface area contributed by atoms with E-state index in [1.807, 2.05) is 43.3 Å². The van der Waals surface area contributed by atoms with Crippen LogP contribution < -0.4 is 26.9 Å². The largest absolute Gasteiger partial charge is 0.405 e. The molecule has 10 heteroatoms. The van der Waals surface area contributed by atoms with Crippen molar-refractivity contribution < 1.29 is 18.7 Å². The number of hydrogen-bond donors (Lipinski definition) is 2. The minimum atomic E-state index is -2.82. The predicted molar refractivity (Wildman–Crippen MR) is 164 cm³/mol. The van der Waals surface area contributed by atoms with E-state index in [1.165, 1.54) is 17.7 Å². The first-order valence-corrected chi connectivity index (χ1v) is 16.1. The Balaban J connectivity index is 1.65. The number of hydrogen-bond acceptors (Lipinski definition) is 6. The topological polar surface area (TPSA) is 112 Å². The number of carbonyl (C=O) groups excluding carboxylic acids is 1. The van der Waals surface area contributed by atoms with Gasteiger partial charge in [0.2, 0.25) is 5.91 Å². The standard InChI is InChI=1S/C32H39N3O6Si/c1-6-39-27-20-29(35-21-24(30(37)34-31(35)38)14-13-19-33-23(2)36)41-28(27)22-40-42(32(3,4)5,25-15-9-7-10-16-25)26-17-11-8-12-18-26/h7-12,15-18,21,27-29H,6,19-20,22H2,1-5H3,(H,33,36)(H,34,37,38)/t27?,28-,29-/m1/s1. The van der Waals surface area contributed by atoms with Crippen LogP contribution in [0.5, 0.6) is 0 Å². The lowest BCUT2D eigenvalue weighted by molar-refractivity contribution is -0.118. The Kier molecular flexibility index (Phi) is 10.0. The average Bonchev–Trinajstić information content (AvgIpc) is 3.35. The number of amides is 1. The molecular formula is C32H39N3O6Si. The van der Waals surface area contributed by atoms with Gasteiger partial charge in [0.05, 0.1) is 19.3 Å². The SMILES string of the molecule is CCOC1C[C@H](n2cc(C#CCNC(C)=O)c(=O)[nH]c2=O)O[C@@H]1CO[Si](c1ccccc1)(c1ccccc1)C(C)(C)C. The Morgan fingerprint density at radius 3 is 2.26 bits per heavy atom. The number of H-pyrrole nitrogens is 1. The first-order valence-electron chi connectivity index (χ1n) is 14.2. The van der Waals surface area contributed by atoms with Crippen molar-refractivity contribution in [2.45, 2.75) is 64.5 Å². The number of rotatable bonds is 9. The molecule has 1 fully saturated rings. The smallest absolute Gasteiger partial charge is 0.330 e. The summed E-state index contributed by atoms with van der Waals surface area (Å²) in [6.45, 7) is 10.8. The molecule has 42 heavy (non-hydrogen) atoms. The van der Waals surface area contributed by atoms with Crippen molar-refractivity contribution in [1.82, 2.24) is 14.9 Å². The molecular weight excluding hydrogens is 550 g/mol. The Morgan fingerprint density at radius 2 is 1.71 bits per heavy atom. The van der Waals surface area contributed by atoms with E-state index in [0.717, 1.165) is 10.4 Å². The molecule has 1 aliphatic rings. The fourth-order valence-corrected chi connectivity index (χ4v) is 10.0. The highest BCUT2D eigenvalue weighted by Gasteiger charge is 2.51. The van der Waals surface area contributed by atoms with Gasteiger partial charge in [0.25, 0.3) is 13.9 Å². The van der Waals surface area contributed by atoms with Crippen LogP contribution in [0.3, 0.4) is 0 Å². The summed E-state index contributed by atoms with van der Waals surface area (Å²) in [7, 11) is -2.82. The third-order valence-electron chi connectivity index (χ3n) is 7.37. The highest BCUT2D eigenvalue weighted by atomic mass is 28.4. The number of carbonyl (C=O) groups is 1. The van der Waals surface area contributed by atoms with E-state index in [0.29, 0.717) is 13.0 Å². The molecule has 3 aromatic rings. The van der Waals surface area contributed by atoms with E-state index in [9.17, 15) is 14.4 Å². The molecule has 0 radical (unpaired) electrons. The van der Waals surface area contributed by atoms with Gasteiger partial charge in [-0.1, -0.05) is 93.3 Å². The van der Waals surface area contributed by atoms with Gasteiger partial charge in [-0.15, -0.1) is 0 Å². The first-order chi connectivity index (χ1) is 20.1. The van der Waals surface area contributed by atoms with Crippen molar-refractivity contribution in [3.8, 4) is 11.8 Å². The highest BCUT2D eigenvalue weighted by molar-refractivity contribution is 6.99. The zero-order valence-corrected chi connectivity index (χ0v) is 25.8. The Morgan fingerprint density at radius 1 is 1.10 bits per heavy atom. The Labute approximate surface area is 247 Å². The minimum absolute atomic E-state index is 0.0852. The summed E-state index contributed by atoms with van der Waals surface area (Å²) in [6.07, 6.45) is 0.333. The normalized spacial score (nSPS) is 18.7. The fraction of sp³-hybridized carbons (Fsp3) is 0.406. The number of aromatic amines is 1. The lowest BCUT2D eigenvalue weighted by Gasteiger charge is -2.43. The van der Waals surface area contributed by atoms with Crippen LogP contribution in [-0.4, -0.2) is 55.7 Å². The van der Waals surface area contributed by atoms with Crippen LogP contribution in [0.25, 0.3) is 0 Å². The molecule has 1 unspecified atom stereocenters. The van der Waals surface area contributed by atoms with Crippen LogP contribution in [-0.2, 0) is 18.7 Å². The number of benzene rings is 2. The molecule has 4 rings (SSSR count). The minimum Gasteiger partial charge on any atom is -0.405 e. The van der Waals surface area contributed by atoms with Crippen molar-refractivity contribution >= 4 is 24.6 Å². The second-order valence-corrected chi connectivity index (χ2v) is 15.6. The third-order valence-corrected chi connectivity index (χ3v) is 12.4. The van der Waals surface area contributed by atoms with Crippen LogP contribution in [0.1, 0.15) is 52.8 Å². The van der Waals surface area contributed by atoms with Gasteiger partial charge in [-0.3, -0.25) is 19.1 Å². The molecule has 0 aliphatic carbocycles. The Bertz CT molecular complexity index is 1500. The van der Waals surface area contributed by atoms with E-state index in [2.05, 4.69) is 67.2 Å². The maximum Gasteiger partial charge on any atom is 0.330 e. The van der Waals surface area contributed by atoms with Crippen molar-refractivity contribution in [3.05, 3.63) is 93.3 Å². The van der Waals surface area contributed by atoms with Crippen LogP contribution in [0.2, 0.25) is 5.04 Å². The third kappa shape index (κ3) is 6.82. The summed E-state index contributed by atoms with van der Waals surface area (Å²) in [6, 6.07) is 20.7. The zero-order valence-electron chi connectivity index (χ0n) is 24.8. The van der Waals surface area contributed by atoms with Crippen molar-refractivity contribution in [3.63, 3.8) is 0 Å². The summed E-state index contributed by atoms with van der Waals surface area (Å²) in [5, 5.41) is 4.66. The van der Waals surface area contributed by atoms with Gasteiger partial charge >= 0.3 is 5.69 Å². The van der Waals surface area contributed by atoms with E-state index >= 15 is 0 Å². The summed E-state index contributed by atoms with van der Waals surface area (Å²) in [4.78, 5) is 38.7. The molecule has 0 spiro atoms. The van der Waals surface area contributed by atoms with Crippen LogP contribution in [0.15, 0.2) is 76.4 Å². The van der Waals surface area contributed by atoms with Crippen LogP contribution >= 0.6 is 0 Å². The van der Waals surface area contributed by atoms with E-state index in [4.69, 9.17) is 13.9 Å². The number of aromatic nitrogens is 2. The molecule has 2 heterocycles. The Hall–Kier alpha value is -3.75. The molecule has 0 bridgehead atoms. The molecule has 2 N–H and O–H groups in total. The lowest BCUT2D eigenvalue weighted by Crippen LogP contribution is -2.67. The van der Waals surface area contributed by atoms with Gasteiger partial charge in [-0.2, -0.15) is 0 Å². The highest BCUT2D eigenvalue weighted by Crippen LogP contribution is 2.38. The maximum atomic E-state index is 12.8. The van der Waals surface area contributed by atoms with E-state index in [-0.39, 0.29) is 35.8 Å². The molecule has 1 aliphatic heterocycles. The summed E-state index contributed by atoms with van der Waals surface area (Å²) in [5.74, 6) is 5.24. The molecule has 3 atom stereocenters. The summed E-state index contributed by atoms with van der Waals surface area (Å²) < 4.78 is 21.0. The molecule has 2 aromatic carbocycles. The van der Waals surface area contributed by atoms with Crippen molar-refractivity contribution in [2.75, 3.05) is 19.8 Å². The van der Waals surface area contributed by atoms with Gasteiger partial charge in [0, 0.05) is 26.1 Å². The molecule has 1 aromatic heterocycles. The van der Waals surface area contributed by atoms with Crippen molar-refractivity contribution in [2.24, 2.45) is 0 Å². The summed E-state index contributed by atoms with van der Waals surface area (Å²) in [5.41, 5.74) is -1.10. The number of nitrogens with one attached hydrogen (secondary N) is 2. The predicted octanol–water partition coefficient (Wildman–Crippen LogP) is 2.29. The first kappa shape index (κ1) is 31.2. The van der Waals surface area contributed by atoms with Gasteiger partial charge in [0.1, 0.15) is 17.9 Å². The fourth-order valence-electron chi connectivity index (χ4n) is 5.48. The lowest BCUT2D eigenvalue weighted by atomic mass is 10.2. The maximum absolute atomic E-state index is 12.8. The monoisotopic (exact) mass is 589 g/mol. The average molecular weight is 590 g/mol.